The number of nitrogens with zero attached hydrogens (tertiary/aromatic N) is 1. The summed E-state index contributed by atoms with van der Waals surface area (Å²) in [6.07, 6.45) is 0.476. The molecule has 1 heterocycles. The van der Waals surface area contributed by atoms with Gasteiger partial charge in [0, 0.05) is 25.2 Å². The Hall–Kier alpha value is -3.19. The summed E-state index contributed by atoms with van der Waals surface area (Å²) in [4.78, 5) is 37.6. The molecule has 1 atom stereocenters. The van der Waals surface area contributed by atoms with Gasteiger partial charge in [-0.2, -0.15) is 0 Å². The quantitative estimate of drug-likeness (QED) is 0.677. The third kappa shape index (κ3) is 5.17. The van der Waals surface area contributed by atoms with Crippen molar-refractivity contribution in [2.45, 2.75) is 19.0 Å². The summed E-state index contributed by atoms with van der Waals surface area (Å²) in [6.45, 7) is 1.39. The maximum absolute atomic E-state index is 12.4. The van der Waals surface area contributed by atoms with Crippen LogP contribution < -0.4 is 16.4 Å². The average Bonchev–Trinajstić information content (AvgIpc) is 2.72. The van der Waals surface area contributed by atoms with Gasteiger partial charge in [-0.25, -0.2) is 0 Å². The van der Waals surface area contributed by atoms with Gasteiger partial charge in [0.2, 0.25) is 11.8 Å². The smallest absolute Gasteiger partial charge is 0.254 e. The van der Waals surface area contributed by atoms with Crippen LogP contribution in [0.2, 0.25) is 0 Å². The lowest BCUT2D eigenvalue weighted by molar-refractivity contribution is -0.123. The van der Waals surface area contributed by atoms with Crippen molar-refractivity contribution in [1.82, 2.24) is 15.5 Å². The van der Waals surface area contributed by atoms with Crippen molar-refractivity contribution >= 4 is 17.7 Å². The molecule has 0 aromatic heterocycles. The third-order valence-electron chi connectivity index (χ3n) is 4.63. The molecule has 1 aliphatic rings. The van der Waals surface area contributed by atoms with Gasteiger partial charge >= 0.3 is 0 Å². The highest BCUT2D eigenvalue weighted by molar-refractivity contribution is 5.97. The Morgan fingerprint density at radius 1 is 1.07 bits per heavy atom. The molecule has 0 unspecified atom stereocenters. The summed E-state index contributed by atoms with van der Waals surface area (Å²) < 4.78 is 0. The molecule has 7 heteroatoms. The Kier molecular flexibility index (Phi) is 6.39. The minimum Gasteiger partial charge on any atom is -0.353 e. The third-order valence-corrected chi connectivity index (χ3v) is 4.63. The normalized spacial score (nSPS) is 14.9. The molecule has 0 bridgehead atoms. The van der Waals surface area contributed by atoms with Gasteiger partial charge in [0.25, 0.3) is 5.91 Å². The van der Waals surface area contributed by atoms with Gasteiger partial charge in [-0.1, -0.05) is 42.5 Å². The lowest BCUT2D eigenvalue weighted by atomic mass is 10.1. The molecule has 0 aliphatic carbocycles. The van der Waals surface area contributed by atoms with Gasteiger partial charge in [-0.3, -0.25) is 14.4 Å². The fraction of sp³-hybridized carbons (Fsp3) is 0.286. The highest BCUT2D eigenvalue weighted by atomic mass is 16.2. The van der Waals surface area contributed by atoms with Gasteiger partial charge in [-0.15, -0.1) is 0 Å². The summed E-state index contributed by atoms with van der Waals surface area (Å²) in [5, 5.41) is 5.52. The van der Waals surface area contributed by atoms with Crippen LogP contribution >= 0.6 is 0 Å². The predicted molar refractivity (Wildman–Crippen MR) is 105 cm³/mol. The Labute approximate surface area is 163 Å². The first-order valence-electron chi connectivity index (χ1n) is 9.25. The van der Waals surface area contributed by atoms with Crippen molar-refractivity contribution in [3.05, 3.63) is 71.3 Å². The van der Waals surface area contributed by atoms with E-state index in [2.05, 4.69) is 10.6 Å². The zero-order valence-electron chi connectivity index (χ0n) is 15.6. The van der Waals surface area contributed by atoms with Crippen LogP contribution in [0.4, 0.5) is 0 Å². The van der Waals surface area contributed by atoms with Crippen molar-refractivity contribution in [3.8, 4) is 0 Å². The Morgan fingerprint density at radius 3 is 2.46 bits per heavy atom. The van der Waals surface area contributed by atoms with Gasteiger partial charge in [0.15, 0.2) is 0 Å². The van der Waals surface area contributed by atoms with Gasteiger partial charge in [-0.05, 0) is 29.7 Å². The van der Waals surface area contributed by atoms with E-state index in [4.69, 9.17) is 5.73 Å². The van der Waals surface area contributed by atoms with Crippen molar-refractivity contribution in [1.29, 1.82) is 0 Å². The molecule has 1 saturated heterocycles. The first kappa shape index (κ1) is 19.6. The number of hydrogen-bond acceptors (Lipinski definition) is 4. The van der Waals surface area contributed by atoms with Crippen molar-refractivity contribution in [2.75, 3.05) is 19.6 Å². The SMILES string of the molecule is N[C@@H](Cc1ccccc1)C(=O)NCc1ccc(C(=O)N2CCNC(=O)C2)cc1. The van der Waals surface area contributed by atoms with Crippen LogP contribution in [0.25, 0.3) is 0 Å². The van der Waals surface area contributed by atoms with Crippen molar-refractivity contribution in [3.63, 3.8) is 0 Å². The van der Waals surface area contributed by atoms with Crippen LogP contribution in [-0.4, -0.2) is 48.3 Å². The Bertz CT molecular complexity index is 836. The number of nitrogens with one attached hydrogen (secondary N) is 2. The number of carbonyl (C=O) groups excluding carboxylic acids is 3. The summed E-state index contributed by atoms with van der Waals surface area (Å²) in [6, 6.07) is 16.0. The fourth-order valence-electron chi connectivity index (χ4n) is 3.04. The zero-order valence-corrected chi connectivity index (χ0v) is 15.6. The summed E-state index contributed by atoms with van der Waals surface area (Å²) in [5.74, 6) is -0.538. The highest BCUT2D eigenvalue weighted by Gasteiger charge is 2.22. The molecule has 1 fully saturated rings. The fourth-order valence-corrected chi connectivity index (χ4v) is 3.04. The molecule has 0 spiro atoms. The number of piperazine rings is 1. The Morgan fingerprint density at radius 2 is 1.79 bits per heavy atom. The number of amides is 3. The van der Waals surface area contributed by atoms with E-state index in [1.54, 1.807) is 24.3 Å². The molecule has 4 N–H and O–H groups in total. The van der Waals surface area contributed by atoms with Crippen LogP contribution in [0.15, 0.2) is 54.6 Å². The van der Waals surface area contributed by atoms with E-state index in [0.29, 0.717) is 31.6 Å². The standard InChI is InChI=1S/C21H24N4O3/c22-18(12-15-4-2-1-3-5-15)20(27)24-13-16-6-8-17(9-7-16)21(28)25-11-10-23-19(26)14-25/h1-9,18H,10-14,22H2,(H,23,26)(H,24,27)/t18-/m0/s1. The predicted octanol–water partition coefficient (Wildman–Crippen LogP) is 0.445. The second-order valence-corrected chi connectivity index (χ2v) is 6.79. The molecule has 146 valence electrons. The Balaban J connectivity index is 1.50. The molecular weight excluding hydrogens is 356 g/mol. The van der Waals surface area contributed by atoms with Crippen molar-refractivity contribution < 1.29 is 14.4 Å². The largest absolute Gasteiger partial charge is 0.353 e. The summed E-state index contributed by atoms with van der Waals surface area (Å²) >= 11 is 0. The molecule has 3 amide bonds. The van der Waals surface area contributed by atoms with Gasteiger partial charge in [0.05, 0.1) is 12.6 Å². The number of benzene rings is 2. The first-order chi connectivity index (χ1) is 13.5. The maximum atomic E-state index is 12.4. The van der Waals surface area contributed by atoms with E-state index >= 15 is 0 Å². The molecule has 2 aromatic carbocycles. The van der Waals surface area contributed by atoms with E-state index in [1.165, 1.54) is 4.90 Å². The first-order valence-corrected chi connectivity index (χ1v) is 9.25. The van der Waals surface area contributed by atoms with Crippen LogP contribution in [0, 0.1) is 0 Å². The van der Waals surface area contributed by atoms with Crippen LogP contribution in [-0.2, 0) is 22.6 Å². The monoisotopic (exact) mass is 380 g/mol. The molecular formula is C21H24N4O3. The molecule has 0 saturated carbocycles. The highest BCUT2D eigenvalue weighted by Crippen LogP contribution is 2.09. The van der Waals surface area contributed by atoms with Crippen LogP contribution in [0.1, 0.15) is 21.5 Å². The van der Waals surface area contributed by atoms with E-state index in [-0.39, 0.29) is 24.3 Å². The maximum Gasteiger partial charge on any atom is 0.254 e. The second kappa shape index (κ2) is 9.14. The number of hydrogen-bond donors (Lipinski definition) is 3. The van der Waals surface area contributed by atoms with E-state index in [9.17, 15) is 14.4 Å². The zero-order chi connectivity index (χ0) is 19.9. The molecule has 28 heavy (non-hydrogen) atoms. The number of carbonyl (C=O) groups is 3. The van der Waals surface area contributed by atoms with E-state index in [0.717, 1.165) is 11.1 Å². The van der Waals surface area contributed by atoms with Crippen LogP contribution in [0.5, 0.6) is 0 Å². The van der Waals surface area contributed by atoms with E-state index < -0.39 is 6.04 Å². The summed E-state index contributed by atoms with van der Waals surface area (Å²) in [7, 11) is 0. The van der Waals surface area contributed by atoms with Gasteiger partial charge < -0.3 is 21.3 Å². The van der Waals surface area contributed by atoms with E-state index in [1.807, 2.05) is 30.3 Å². The molecule has 0 radical (unpaired) electrons. The lowest BCUT2D eigenvalue weighted by Gasteiger charge is -2.26. The summed E-state index contributed by atoms with van der Waals surface area (Å²) in [5.41, 5.74) is 8.38. The van der Waals surface area contributed by atoms with Gasteiger partial charge in [0.1, 0.15) is 0 Å². The topological polar surface area (TPSA) is 105 Å². The minimum atomic E-state index is -0.617. The molecule has 3 rings (SSSR count). The average molecular weight is 380 g/mol. The van der Waals surface area contributed by atoms with Crippen LogP contribution in [0.3, 0.4) is 0 Å². The second-order valence-electron chi connectivity index (χ2n) is 6.79. The number of nitrogens with two attached hydrogens (primary N) is 1. The molecule has 7 nitrogen and oxygen atoms in total. The van der Waals surface area contributed by atoms with Crippen molar-refractivity contribution in [2.24, 2.45) is 5.73 Å². The minimum absolute atomic E-state index is 0.0793. The number of rotatable bonds is 6. The molecule has 1 aliphatic heterocycles. The lowest BCUT2D eigenvalue weighted by Crippen LogP contribution is -2.49. The molecule has 2 aromatic rings.